The Morgan fingerprint density at radius 3 is 2.58 bits per heavy atom. The molecule has 0 radical (unpaired) electrons. The maximum atomic E-state index is 12.9. The molecule has 2 rings (SSSR count). The average molecular weight is 297 g/mol. The standard InChI is InChI=1S/C14H14FNS.H2OS/c1-11-4-2-5-12(8-11)10-17-16-14-7-3-6-13(15)9-14;1-2/h2-9,16H,10H2,1H3;1-2H. The second-order valence-electron chi connectivity index (χ2n) is 3.89. The highest BCUT2D eigenvalue weighted by Gasteiger charge is 1.96. The van der Waals surface area contributed by atoms with Crippen LogP contribution in [0.1, 0.15) is 11.1 Å². The van der Waals surface area contributed by atoms with E-state index in [1.54, 1.807) is 18.0 Å². The predicted octanol–water partition coefficient (Wildman–Crippen LogP) is 4.78. The number of aryl methyl sites for hydroxylation is 1. The van der Waals surface area contributed by atoms with Crippen molar-refractivity contribution in [2.75, 3.05) is 4.72 Å². The van der Waals surface area contributed by atoms with Crippen LogP contribution in [0, 0.1) is 12.7 Å². The normalized spacial score (nSPS) is 9.47. The Hall–Kier alpha value is -1.17. The number of hydrogen-bond donors (Lipinski definition) is 3. The summed E-state index contributed by atoms with van der Waals surface area (Å²) in [6, 6.07) is 14.9. The SMILES string of the molecule is Cc1cccc(CSNc2cccc(F)c2)c1.OS. The van der Waals surface area contributed by atoms with E-state index in [2.05, 4.69) is 42.8 Å². The zero-order valence-corrected chi connectivity index (χ0v) is 12.2. The van der Waals surface area contributed by atoms with Crippen LogP contribution in [0.4, 0.5) is 10.1 Å². The summed E-state index contributed by atoms with van der Waals surface area (Å²) < 4.78 is 22.7. The zero-order valence-electron chi connectivity index (χ0n) is 10.5. The van der Waals surface area contributed by atoms with E-state index >= 15 is 0 Å². The molecule has 5 heteroatoms. The zero-order chi connectivity index (χ0) is 14.1. The first-order chi connectivity index (χ1) is 9.24. The van der Waals surface area contributed by atoms with Crippen molar-refractivity contribution in [1.82, 2.24) is 0 Å². The van der Waals surface area contributed by atoms with Crippen molar-refractivity contribution in [2.45, 2.75) is 12.7 Å². The molecule has 0 aliphatic rings. The smallest absolute Gasteiger partial charge is 0.125 e. The van der Waals surface area contributed by atoms with Crippen molar-refractivity contribution in [2.24, 2.45) is 0 Å². The van der Waals surface area contributed by atoms with Crippen LogP contribution < -0.4 is 4.72 Å². The van der Waals surface area contributed by atoms with E-state index in [1.807, 2.05) is 12.1 Å². The summed E-state index contributed by atoms with van der Waals surface area (Å²) in [6.07, 6.45) is 0. The van der Waals surface area contributed by atoms with Crippen LogP contribution in [0.3, 0.4) is 0 Å². The number of rotatable bonds is 4. The van der Waals surface area contributed by atoms with Crippen LogP contribution in [0.2, 0.25) is 0 Å². The summed E-state index contributed by atoms with van der Waals surface area (Å²) in [7, 11) is 0. The monoisotopic (exact) mass is 297 g/mol. The van der Waals surface area contributed by atoms with Gasteiger partial charge in [-0.05, 0) is 55.5 Å². The third-order valence-corrected chi connectivity index (χ3v) is 3.19. The molecule has 0 spiro atoms. The predicted molar refractivity (Wildman–Crippen MR) is 84.1 cm³/mol. The summed E-state index contributed by atoms with van der Waals surface area (Å²) in [5.74, 6) is 0.643. The first-order valence-corrected chi connectivity index (χ1v) is 7.01. The molecule has 0 unspecified atom stereocenters. The van der Waals surface area contributed by atoms with Crippen molar-refractivity contribution < 1.29 is 8.94 Å². The molecule has 0 heterocycles. The fraction of sp³-hybridized carbons (Fsp3) is 0.143. The molecule has 2 N–H and O–H groups in total. The number of thiol groups is 1. The van der Waals surface area contributed by atoms with Gasteiger partial charge in [0, 0.05) is 11.4 Å². The van der Waals surface area contributed by atoms with E-state index in [0.717, 1.165) is 11.4 Å². The van der Waals surface area contributed by atoms with E-state index in [4.69, 9.17) is 4.55 Å². The van der Waals surface area contributed by atoms with Crippen LogP contribution >= 0.6 is 24.9 Å². The largest absolute Gasteiger partial charge is 0.333 e. The topological polar surface area (TPSA) is 32.3 Å². The van der Waals surface area contributed by atoms with Gasteiger partial charge in [0.1, 0.15) is 5.82 Å². The van der Waals surface area contributed by atoms with Crippen LogP contribution in [-0.2, 0) is 5.75 Å². The minimum Gasteiger partial charge on any atom is -0.333 e. The van der Waals surface area contributed by atoms with Gasteiger partial charge in [-0.25, -0.2) is 4.39 Å². The molecule has 102 valence electrons. The van der Waals surface area contributed by atoms with Crippen LogP contribution in [0.5, 0.6) is 0 Å². The lowest BCUT2D eigenvalue weighted by Gasteiger charge is -2.06. The highest BCUT2D eigenvalue weighted by molar-refractivity contribution is 7.99. The van der Waals surface area contributed by atoms with Crippen LogP contribution in [0.15, 0.2) is 48.5 Å². The van der Waals surface area contributed by atoms with E-state index in [9.17, 15) is 4.39 Å². The van der Waals surface area contributed by atoms with E-state index in [1.165, 1.54) is 23.3 Å². The van der Waals surface area contributed by atoms with E-state index in [0.29, 0.717) is 0 Å². The lowest BCUT2D eigenvalue weighted by molar-refractivity contribution is 0.628. The molecule has 0 atom stereocenters. The fourth-order valence-corrected chi connectivity index (χ4v) is 2.27. The Kier molecular flexibility index (Phi) is 7.40. The maximum absolute atomic E-state index is 12.9. The Balaban J connectivity index is 0.000000861. The number of benzene rings is 2. The molecule has 0 saturated carbocycles. The first kappa shape index (κ1) is 15.9. The van der Waals surface area contributed by atoms with Gasteiger partial charge in [-0.2, -0.15) is 0 Å². The Morgan fingerprint density at radius 1 is 1.16 bits per heavy atom. The molecule has 19 heavy (non-hydrogen) atoms. The molecule has 0 aliphatic heterocycles. The Labute approximate surface area is 122 Å². The molecular weight excluding hydrogens is 281 g/mol. The summed E-state index contributed by atoms with van der Waals surface area (Å²) >= 11 is 4.09. The number of anilines is 1. The second-order valence-corrected chi connectivity index (χ2v) is 4.67. The van der Waals surface area contributed by atoms with Gasteiger partial charge in [-0.3, -0.25) is 0 Å². The maximum Gasteiger partial charge on any atom is 0.125 e. The van der Waals surface area contributed by atoms with Gasteiger partial charge in [-0.15, -0.1) is 0 Å². The van der Waals surface area contributed by atoms with Gasteiger partial charge in [0.25, 0.3) is 0 Å². The lowest BCUT2D eigenvalue weighted by atomic mass is 10.2. The fourth-order valence-electron chi connectivity index (χ4n) is 1.56. The summed E-state index contributed by atoms with van der Waals surface area (Å²) in [4.78, 5) is 0. The van der Waals surface area contributed by atoms with Gasteiger partial charge in [0.2, 0.25) is 0 Å². The lowest BCUT2D eigenvalue weighted by Crippen LogP contribution is -1.90. The van der Waals surface area contributed by atoms with Crippen molar-refractivity contribution in [3.8, 4) is 0 Å². The molecule has 0 saturated heterocycles. The van der Waals surface area contributed by atoms with E-state index in [-0.39, 0.29) is 5.82 Å². The van der Waals surface area contributed by atoms with Gasteiger partial charge >= 0.3 is 0 Å². The molecule has 2 aromatic rings. The minimum absolute atomic E-state index is 0.217. The molecule has 0 bridgehead atoms. The average Bonchev–Trinajstić information content (AvgIpc) is 2.41. The van der Waals surface area contributed by atoms with E-state index < -0.39 is 0 Å². The highest BCUT2D eigenvalue weighted by atomic mass is 32.2. The molecule has 0 amide bonds. The Morgan fingerprint density at radius 2 is 1.89 bits per heavy atom. The van der Waals surface area contributed by atoms with Gasteiger partial charge in [0.15, 0.2) is 0 Å². The third-order valence-electron chi connectivity index (χ3n) is 2.34. The number of halogens is 1. The van der Waals surface area contributed by atoms with Crippen molar-refractivity contribution in [3.05, 3.63) is 65.5 Å². The molecule has 2 aromatic carbocycles. The molecular formula is C14H16FNOS2. The van der Waals surface area contributed by atoms with Crippen LogP contribution in [0.25, 0.3) is 0 Å². The summed E-state index contributed by atoms with van der Waals surface area (Å²) in [5.41, 5.74) is 3.32. The molecule has 2 nitrogen and oxygen atoms in total. The Bertz CT molecular complexity index is 463. The number of nitrogens with one attached hydrogen (secondary N) is 1. The van der Waals surface area contributed by atoms with Crippen molar-refractivity contribution in [3.63, 3.8) is 0 Å². The van der Waals surface area contributed by atoms with Gasteiger partial charge in [0.05, 0.1) is 0 Å². The van der Waals surface area contributed by atoms with Crippen molar-refractivity contribution in [1.29, 1.82) is 0 Å². The first-order valence-electron chi connectivity index (χ1n) is 5.63. The molecule has 0 fully saturated rings. The summed E-state index contributed by atoms with van der Waals surface area (Å²) in [5, 5.41) is 0. The number of hydrogen-bond acceptors (Lipinski definition) is 4. The highest BCUT2D eigenvalue weighted by Crippen LogP contribution is 2.18. The summed E-state index contributed by atoms with van der Waals surface area (Å²) in [6.45, 7) is 2.08. The third kappa shape index (κ3) is 6.00. The quantitative estimate of drug-likeness (QED) is 0.431. The molecule has 0 aromatic heterocycles. The van der Waals surface area contributed by atoms with Gasteiger partial charge < -0.3 is 9.27 Å². The van der Waals surface area contributed by atoms with Gasteiger partial charge in [-0.1, -0.05) is 35.9 Å². The molecule has 0 aliphatic carbocycles. The van der Waals surface area contributed by atoms with Crippen LogP contribution in [-0.4, -0.2) is 4.55 Å². The van der Waals surface area contributed by atoms with Crippen molar-refractivity contribution >= 4 is 30.5 Å². The minimum atomic E-state index is -0.217. The second kappa shape index (κ2) is 8.85.